The number of carbonyl (C=O) groups excluding carboxylic acids is 2. The Kier molecular flexibility index (Phi) is 8.05. The van der Waals surface area contributed by atoms with Crippen LogP contribution in [0.5, 0.6) is 5.75 Å². The van der Waals surface area contributed by atoms with E-state index in [-0.39, 0.29) is 11.4 Å². The Bertz CT molecular complexity index is 1050. The number of rotatable bonds is 11. The van der Waals surface area contributed by atoms with Crippen LogP contribution in [-0.4, -0.2) is 64.4 Å². The number of ether oxygens (including phenoxy) is 1. The van der Waals surface area contributed by atoms with Crippen LogP contribution in [0.15, 0.2) is 48.3 Å². The van der Waals surface area contributed by atoms with Crippen LogP contribution >= 0.6 is 11.3 Å². The van der Waals surface area contributed by atoms with Crippen molar-refractivity contribution in [3.05, 3.63) is 69.4 Å². The quantitative estimate of drug-likeness (QED) is 0.391. The number of ketones is 1. The highest BCUT2D eigenvalue weighted by molar-refractivity contribution is 7.14. The molecule has 8 heteroatoms. The second-order valence-corrected chi connectivity index (χ2v) is 9.04. The first-order valence-corrected chi connectivity index (χ1v) is 11.9. The molecule has 7 nitrogen and oxygen atoms in total. The largest absolute Gasteiger partial charge is 0.503 e. The zero-order valence-corrected chi connectivity index (χ0v) is 20.4. The van der Waals surface area contributed by atoms with Gasteiger partial charge in [-0.25, -0.2) is 4.98 Å². The fraction of sp³-hybridized carbons (Fsp3) is 0.400. The maximum atomic E-state index is 13.6. The summed E-state index contributed by atoms with van der Waals surface area (Å²) in [5, 5.41) is 11.6. The highest BCUT2D eigenvalue weighted by atomic mass is 32.1. The second kappa shape index (κ2) is 10.8. The number of hydrogen-bond acceptors (Lipinski definition) is 7. The Morgan fingerprint density at radius 3 is 2.48 bits per heavy atom. The average molecular weight is 470 g/mol. The van der Waals surface area contributed by atoms with E-state index in [9.17, 15) is 14.7 Å². The van der Waals surface area contributed by atoms with E-state index < -0.39 is 17.7 Å². The van der Waals surface area contributed by atoms with Crippen LogP contribution in [0.1, 0.15) is 45.8 Å². The van der Waals surface area contributed by atoms with Gasteiger partial charge in [-0.3, -0.25) is 9.59 Å². The predicted octanol–water partition coefficient (Wildman–Crippen LogP) is 4.24. The SMILES string of the molecule is C=CCOc1ccc(C2C(C(=O)c3sc(C)nc3C)=C(O)C(=O)N2CCN(CC)CC)cc1. The lowest BCUT2D eigenvalue weighted by Gasteiger charge is -2.29. The third-order valence-electron chi connectivity index (χ3n) is 5.77. The van der Waals surface area contributed by atoms with E-state index in [0.29, 0.717) is 36.0 Å². The normalized spacial score (nSPS) is 16.1. The molecule has 1 atom stereocenters. The number of hydrogen-bond donors (Lipinski definition) is 1. The van der Waals surface area contributed by atoms with Crippen molar-refractivity contribution in [1.29, 1.82) is 0 Å². The first-order valence-electron chi connectivity index (χ1n) is 11.1. The smallest absolute Gasteiger partial charge is 0.290 e. The molecule has 2 aromatic rings. The van der Waals surface area contributed by atoms with E-state index in [2.05, 4.69) is 30.3 Å². The summed E-state index contributed by atoms with van der Waals surface area (Å²) in [6, 6.07) is 6.57. The van der Waals surface area contributed by atoms with E-state index >= 15 is 0 Å². The first kappa shape index (κ1) is 24.7. The highest BCUT2D eigenvalue weighted by Gasteiger charge is 2.44. The van der Waals surface area contributed by atoms with Gasteiger partial charge in [0.1, 0.15) is 12.4 Å². The van der Waals surface area contributed by atoms with E-state index in [1.807, 2.05) is 19.1 Å². The summed E-state index contributed by atoms with van der Waals surface area (Å²) in [5.41, 5.74) is 1.44. The van der Waals surface area contributed by atoms with E-state index in [0.717, 1.165) is 23.7 Å². The van der Waals surface area contributed by atoms with Crippen molar-refractivity contribution in [2.75, 3.05) is 32.8 Å². The van der Waals surface area contributed by atoms with Crippen LogP contribution in [0.4, 0.5) is 0 Å². The van der Waals surface area contributed by atoms with Gasteiger partial charge in [0.2, 0.25) is 5.78 Å². The monoisotopic (exact) mass is 469 g/mol. The summed E-state index contributed by atoms with van der Waals surface area (Å²) < 4.78 is 5.57. The molecule has 0 fully saturated rings. The standard InChI is InChI=1S/C25H31N3O4S/c1-6-15-32-19-11-9-18(10-12-19)21-20(22(29)24-16(4)26-17(5)33-24)23(30)25(31)28(21)14-13-27(7-2)8-3/h6,9-12,21,30H,1,7-8,13-15H2,2-5H3. The van der Waals surface area contributed by atoms with Crippen molar-refractivity contribution < 1.29 is 19.4 Å². The third-order valence-corrected chi connectivity index (χ3v) is 6.84. The number of aryl methyl sites for hydroxylation is 2. The van der Waals surface area contributed by atoms with Crippen molar-refractivity contribution in [1.82, 2.24) is 14.8 Å². The molecule has 0 spiro atoms. The summed E-state index contributed by atoms with van der Waals surface area (Å²) in [6.07, 6.45) is 1.66. The van der Waals surface area contributed by atoms with Gasteiger partial charge in [-0.2, -0.15) is 0 Å². The van der Waals surface area contributed by atoms with Gasteiger partial charge in [-0.1, -0.05) is 38.6 Å². The van der Waals surface area contributed by atoms with Crippen molar-refractivity contribution in [2.45, 2.75) is 33.7 Å². The Morgan fingerprint density at radius 1 is 1.27 bits per heavy atom. The molecular weight excluding hydrogens is 438 g/mol. The van der Waals surface area contributed by atoms with E-state index in [1.165, 1.54) is 11.3 Å². The number of Topliss-reactive ketones (excluding diaryl/α,β-unsaturated/α-hetero) is 1. The molecule has 1 aliphatic rings. The summed E-state index contributed by atoms with van der Waals surface area (Å²) in [4.78, 5) is 35.3. The molecule has 1 aromatic heterocycles. The Balaban J connectivity index is 2.01. The molecule has 1 N–H and O–H groups in total. The molecule has 176 valence electrons. The molecule has 33 heavy (non-hydrogen) atoms. The molecule has 0 saturated carbocycles. The van der Waals surface area contributed by atoms with Gasteiger partial charge in [-0.05, 0) is 44.6 Å². The van der Waals surface area contributed by atoms with Crippen molar-refractivity contribution in [3.8, 4) is 5.75 Å². The van der Waals surface area contributed by atoms with Gasteiger partial charge in [0.15, 0.2) is 5.76 Å². The molecule has 0 aliphatic carbocycles. The van der Waals surface area contributed by atoms with E-state index in [4.69, 9.17) is 4.74 Å². The molecule has 1 aliphatic heterocycles. The second-order valence-electron chi connectivity index (χ2n) is 7.84. The zero-order valence-electron chi connectivity index (χ0n) is 19.6. The number of aliphatic hydroxyl groups excluding tert-OH is 1. The fourth-order valence-electron chi connectivity index (χ4n) is 4.02. The number of thiazole rings is 1. The molecule has 1 amide bonds. The van der Waals surface area contributed by atoms with Crippen LogP contribution in [0, 0.1) is 13.8 Å². The first-order chi connectivity index (χ1) is 15.8. The maximum Gasteiger partial charge on any atom is 0.290 e. The average Bonchev–Trinajstić information content (AvgIpc) is 3.28. The summed E-state index contributed by atoms with van der Waals surface area (Å²) in [6.45, 7) is 14.5. The van der Waals surface area contributed by atoms with Crippen LogP contribution in [0.25, 0.3) is 0 Å². The summed E-state index contributed by atoms with van der Waals surface area (Å²) in [5.74, 6) is -0.706. The van der Waals surface area contributed by atoms with Gasteiger partial charge < -0.3 is 19.6 Å². The minimum Gasteiger partial charge on any atom is -0.503 e. The Morgan fingerprint density at radius 2 is 1.94 bits per heavy atom. The fourth-order valence-corrected chi connectivity index (χ4v) is 4.89. The third kappa shape index (κ3) is 5.17. The molecule has 2 heterocycles. The number of aliphatic hydroxyl groups is 1. The van der Waals surface area contributed by atoms with Gasteiger partial charge >= 0.3 is 0 Å². The topological polar surface area (TPSA) is 83.0 Å². The lowest BCUT2D eigenvalue weighted by atomic mass is 9.95. The minimum atomic E-state index is -0.684. The van der Waals surface area contributed by atoms with Crippen molar-refractivity contribution in [2.24, 2.45) is 0 Å². The molecule has 1 aromatic carbocycles. The van der Waals surface area contributed by atoms with Gasteiger partial charge in [0.25, 0.3) is 5.91 Å². The number of nitrogens with zero attached hydrogens (tertiary/aromatic N) is 3. The Labute approximate surface area is 199 Å². The number of likely N-dealkylation sites (N-methyl/N-ethyl adjacent to an activating group) is 1. The van der Waals surface area contributed by atoms with Gasteiger partial charge in [-0.15, -0.1) is 11.3 Å². The molecule has 1 unspecified atom stereocenters. The molecule has 0 bridgehead atoms. The van der Waals surface area contributed by atoms with Gasteiger partial charge in [0, 0.05) is 13.1 Å². The van der Waals surface area contributed by atoms with Crippen LogP contribution in [-0.2, 0) is 4.79 Å². The predicted molar refractivity (Wildman–Crippen MR) is 130 cm³/mol. The maximum absolute atomic E-state index is 13.6. The lowest BCUT2D eigenvalue weighted by molar-refractivity contribution is -0.129. The number of aromatic nitrogens is 1. The van der Waals surface area contributed by atoms with Crippen LogP contribution in [0.2, 0.25) is 0 Å². The number of amides is 1. The summed E-state index contributed by atoms with van der Waals surface area (Å²) >= 11 is 1.27. The summed E-state index contributed by atoms with van der Waals surface area (Å²) in [7, 11) is 0. The number of benzene rings is 1. The van der Waals surface area contributed by atoms with Crippen molar-refractivity contribution in [3.63, 3.8) is 0 Å². The van der Waals surface area contributed by atoms with Crippen molar-refractivity contribution >= 4 is 23.0 Å². The highest BCUT2D eigenvalue weighted by Crippen LogP contribution is 2.40. The van der Waals surface area contributed by atoms with E-state index in [1.54, 1.807) is 30.0 Å². The molecule has 3 rings (SSSR count). The van der Waals surface area contributed by atoms with Crippen LogP contribution in [0.3, 0.4) is 0 Å². The molecular formula is C25H31N3O4S. The number of carbonyl (C=O) groups is 2. The molecule has 0 radical (unpaired) electrons. The lowest BCUT2D eigenvalue weighted by Crippen LogP contribution is -2.38. The van der Waals surface area contributed by atoms with Crippen LogP contribution < -0.4 is 4.74 Å². The Hall–Kier alpha value is -2.97. The van der Waals surface area contributed by atoms with Gasteiger partial charge in [0.05, 0.1) is 27.2 Å². The minimum absolute atomic E-state index is 0.103. The molecule has 0 saturated heterocycles. The zero-order chi connectivity index (χ0) is 24.1.